The van der Waals surface area contributed by atoms with E-state index in [1.54, 1.807) is 13.0 Å². The van der Waals surface area contributed by atoms with Crippen molar-refractivity contribution in [3.05, 3.63) is 65.8 Å². The van der Waals surface area contributed by atoms with Crippen LogP contribution in [-0.2, 0) is 14.4 Å². The van der Waals surface area contributed by atoms with Crippen LogP contribution in [0.4, 0.5) is 0 Å². The summed E-state index contributed by atoms with van der Waals surface area (Å²) >= 11 is 0. The first-order valence-electron chi connectivity index (χ1n) is 7.86. The van der Waals surface area contributed by atoms with Gasteiger partial charge in [0.1, 0.15) is 0 Å². The van der Waals surface area contributed by atoms with Crippen molar-refractivity contribution in [2.75, 3.05) is 13.2 Å². The van der Waals surface area contributed by atoms with E-state index in [2.05, 4.69) is 13.2 Å². The molecule has 0 aliphatic heterocycles. The fraction of sp³-hybridized carbons (Fsp3) is 0.250. The van der Waals surface area contributed by atoms with Gasteiger partial charge in [-0.3, -0.25) is 0 Å². The van der Waals surface area contributed by atoms with Gasteiger partial charge < -0.3 is 25.5 Å². The zero-order valence-electron chi connectivity index (χ0n) is 16.3. The minimum Gasteiger partial charge on any atom is -0.478 e. The smallest absolute Gasteiger partial charge is 0.331 e. The topological polar surface area (TPSA) is 152 Å². The highest BCUT2D eigenvalue weighted by molar-refractivity contribution is 5.91. The third-order valence-electron chi connectivity index (χ3n) is 2.35. The van der Waals surface area contributed by atoms with Crippen molar-refractivity contribution in [1.29, 1.82) is 0 Å². The van der Waals surface area contributed by atoms with E-state index in [0.717, 1.165) is 5.56 Å². The highest BCUT2D eigenvalue weighted by atomic mass is 16.4. The Hall–Kier alpha value is -3.23. The average molecular weight is 396 g/mol. The van der Waals surface area contributed by atoms with Gasteiger partial charge in [0.15, 0.2) is 0 Å². The number of hydrogen-bond donors (Lipinski definition) is 5. The highest BCUT2D eigenvalue weighted by Gasteiger charge is 1.98. The number of carbonyl (C=O) groups is 3. The van der Waals surface area contributed by atoms with Crippen molar-refractivity contribution < 1.29 is 39.9 Å². The number of benzene rings is 1. The predicted molar refractivity (Wildman–Crippen MR) is 107 cm³/mol. The zero-order chi connectivity index (χ0) is 22.7. The molecule has 5 N–H and O–H groups in total. The average Bonchev–Trinajstić information content (AvgIpc) is 2.63. The summed E-state index contributed by atoms with van der Waals surface area (Å²) in [5.74, 6) is -2.75. The van der Waals surface area contributed by atoms with E-state index in [0.29, 0.717) is 5.57 Å². The summed E-state index contributed by atoms with van der Waals surface area (Å²) in [5, 5.41) is 39.6. The molecular weight excluding hydrogens is 368 g/mol. The molecule has 0 fully saturated rings. The first-order valence-corrected chi connectivity index (χ1v) is 7.86. The molecule has 28 heavy (non-hydrogen) atoms. The van der Waals surface area contributed by atoms with Gasteiger partial charge in [0.2, 0.25) is 0 Å². The molecule has 0 saturated heterocycles. The Morgan fingerprint density at radius 3 is 1.32 bits per heavy atom. The number of rotatable bonds is 5. The van der Waals surface area contributed by atoms with E-state index < -0.39 is 17.9 Å². The molecule has 0 spiro atoms. The summed E-state index contributed by atoms with van der Waals surface area (Å²) in [6.45, 7) is 10.5. The number of hydrogen-bond acceptors (Lipinski definition) is 5. The summed E-state index contributed by atoms with van der Waals surface area (Å²) in [6.07, 6.45) is 1.64. The number of carboxylic acids is 3. The lowest BCUT2D eigenvalue weighted by molar-refractivity contribution is -0.133. The van der Waals surface area contributed by atoms with E-state index in [-0.39, 0.29) is 24.4 Å². The Morgan fingerprint density at radius 1 is 0.786 bits per heavy atom. The third-order valence-corrected chi connectivity index (χ3v) is 2.35. The lowest BCUT2D eigenvalue weighted by Gasteiger charge is -1.93. The number of aliphatic hydroxyl groups excluding tert-OH is 2. The number of aliphatic hydroxyl groups is 2. The van der Waals surface area contributed by atoms with Crippen LogP contribution in [0.25, 0.3) is 6.08 Å². The van der Waals surface area contributed by atoms with Gasteiger partial charge in [0.25, 0.3) is 0 Å². The standard InChI is InChI=1S/C10H10O2.2C4H6O2.C2H6O2/c1-8(10(11)12)7-9-5-3-2-4-6-9;2*1-3(2)4(5)6;3-1-2-4/h2-7H,1H3,(H,11,12);2*1H2,2H3,(H,5,6);3-4H,1-2H2. The minimum atomic E-state index is -0.935. The normalized spacial score (nSPS) is 9.11. The van der Waals surface area contributed by atoms with Gasteiger partial charge in [0.05, 0.1) is 13.2 Å². The molecule has 8 nitrogen and oxygen atoms in total. The Balaban J connectivity index is -0.000000332. The number of aliphatic carboxylic acids is 3. The molecule has 1 aromatic rings. The molecule has 0 bridgehead atoms. The van der Waals surface area contributed by atoms with Gasteiger partial charge in [-0.05, 0) is 32.4 Å². The van der Waals surface area contributed by atoms with E-state index in [4.69, 9.17) is 25.5 Å². The molecule has 0 radical (unpaired) electrons. The van der Waals surface area contributed by atoms with E-state index in [9.17, 15) is 14.4 Å². The summed E-state index contributed by atoms with van der Waals surface area (Å²) in [7, 11) is 0. The second-order valence-electron chi connectivity index (χ2n) is 5.16. The van der Waals surface area contributed by atoms with Gasteiger partial charge in [-0.15, -0.1) is 0 Å². The summed E-state index contributed by atoms with van der Waals surface area (Å²) in [4.78, 5) is 29.6. The first kappa shape index (κ1) is 29.5. The molecule has 0 aliphatic carbocycles. The van der Waals surface area contributed by atoms with Gasteiger partial charge >= 0.3 is 17.9 Å². The molecule has 0 atom stereocenters. The van der Waals surface area contributed by atoms with Crippen molar-refractivity contribution in [1.82, 2.24) is 0 Å². The van der Waals surface area contributed by atoms with Gasteiger partial charge in [-0.1, -0.05) is 43.5 Å². The lowest BCUT2D eigenvalue weighted by Crippen LogP contribution is -1.95. The van der Waals surface area contributed by atoms with Crippen molar-refractivity contribution in [3.63, 3.8) is 0 Å². The van der Waals surface area contributed by atoms with Gasteiger partial charge in [-0.2, -0.15) is 0 Å². The van der Waals surface area contributed by atoms with E-state index in [1.165, 1.54) is 13.8 Å². The SMILES string of the molecule is C=C(C)C(=O)O.C=C(C)C(=O)O.CC(=Cc1ccccc1)C(=O)O.OCCO. The summed E-state index contributed by atoms with van der Waals surface area (Å²) < 4.78 is 0. The summed E-state index contributed by atoms with van der Waals surface area (Å²) in [5.41, 5.74) is 1.61. The van der Waals surface area contributed by atoms with Crippen molar-refractivity contribution >= 4 is 24.0 Å². The maximum Gasteiger partial charge on any atom is 0.331 e. The third kappa shape index (κ3) is 22.8. The monoisotopic (exact) mass is 396 g/mol. The Kier molecular flexibility index (Phi) is 19.6. The maximum absolute atomic E-state index is 10.4. The first-order chi connectivity index (χ1) is 12.9. The van der Waals surface area contributed by atoms with Gasteiger partial charge in [-0.25, -0.2) is 14.4 Å². The zero-order valence-corrected chi connectivity index (χ0v) is 16.3. The lowest BCUT2D eigenvalue weighted by atomic mass is 10.1. The van der Waals surface area contributed by atoms with Crippen LogP contribution in [0.15, 0.2) is 60.2 Å². The molecule has 0 saturated carbocycles. The predicted octanol–water partition coefficient (Wildman–Crippen LogP) is 2.44. The van der Waals surface area contributed by atoms with Crippen LogP contribution in [0, 0.1) is 0 Å². The summed E-state index contributed by atoms with van der Waals surface area (Å²) in [6, 6.07) is 9.38. The Labute approximate surface area is 164 Å². The number of carboxylic acid groups (broad SMARTS) is 3. The Bertz CT molecular complexity index is 610. The molecule has 1 aromatic carbocycles. The second-order valence-corrected chi connectivity index (χ2v) is 5.16. The molecule has 0 aliphatic rings. The molecule has 0 amide bonds. The van der Waals surface area contributed by atoms with Crippen LogP contribution < -0.4 is 0 Å². The van der Waals surface area contributed by atoms with Crippen molar-refractivity contribution in [2.24, 2.45) is 0 Å². The molecular formula is C20H28O8. The fourth-order valence-electron chi connectivity index (χ4n) is 0.861. The Morgan fingerprint density at radius 2 is 1.11 bits per heavy atom. The molecule has 8 heteroatoms. The van der Waals surface area contributed by atoms with E-state index in [1.807, 2.05) is 30.3 Å². The molecule has 0 aromatic heterocycles. The van der Waals surface area contributed by atoms with Crippen LogP contribution in [-0.4, -0.2) is 56.7 Å². The second kappa shape index (κ2) is 18.6. The van der Waals surface area contributed by atoms with Crippen molar-refractivity contribution in [3.8, 4) is 0 Å². The van der Waals surface area contributed by atoms with Crippen LogP contribution in [0.2, 0.25) is 0 Å². The van der Waals surface area contributed by atoms with Crippen LogP contribution in [0.3, 0.4) is 0 Å². The maximum atomic E-state index is 10.4. The van der Waals surface area contributed by atoms with Gasteiger partial charge in [0, 0.05) is 16.7 Å². The molecule has 0 unspecified atom stereocenters. The van der Waals surface area contributed by atoms with Crippen LogP contribution in [0.5, 0.6) is 0 Å². The quantitative estimate of drug-likeness (QED) is 0.476. The van der Waals surface area contributed by atoms with E-state index >= 15 is 0 Å². The van der Waals surface area contributed by atoms with Crippen molar-refractivity contribution in [2.45, 2.75) is 20.8 Å². The van der Waals surface area contributed by atoms with Crippen LogP contribution in [0.1, 0.15) is 26.3 Å². The highest BCUT2D eigenvalue weighted by Crippen LogP contribution is 2.05. The molecule has 0 heterocycles. The van der Waals surface area contributed by atoms with Crippen LogP contribution >= 0.6 is 0 Å². The largest absolute Gasteiger partial charge is 0.478 e. The minimum absolute atomic E-state index is 0.125. The molecule has 156 valence electrons. The molecule has 1 rings (SSSR count). The fourth-order valence-corrected chi connectivity index (χ4v) is 0.861.